The Morgan fingerprint density at radius 2 is 1.86 bits per heavy atom. The van der Waals surface area contributed by atoms with Crippen molar-refractivity contribution in [3.63, 3.8) is 0 Å². The Morgan fingerprint density at radius 3 is 2.41 bits per heavy atom. The summed E-state index contributed by atoms with van der Waals surface area (Å²) in [7, 11) is -3.90. The maximum Gasteiger partial charge on any atom is 0.390 e. The van der Waals surface area contributed by atoms with Gasteiger partial charge in [0.05, 0.1) is 11.7 Å². The maximum absolute atomic E-state index is 12.6. The first-order valence-corrected chi connectivity index (χ1v) is 9.47. The Hall–Kier alpha value is -0.340. The highest BCUT2D eigenvalue weighted by Crippen LogP contribution is 2.32. The van der Waals surface area contributed by atoms with E-state index in [0.717, 1.165) is 19.4 Å². The normalized spacial score (nSPS) is 30.0. The molecule has 0 aromatic carbocycles. The van der Waals surface area contributed by atoms with Crippen molar-refractivity contribution >= 4 is 10.0 Å². The summed E-state index contributed by atoms with van der Waals surface area (Å²) in [5.41, 5.74) is 0. The van der Waals surface area contributed by atoms with Crippen LogP contribution in [0.25, 0.3) is 0 Å². The van der Waals surface area contributed by atoms with Gasteiger partial charge in [0.2, 0.25) is 10.0 Å². The van der Waals surface area contributed by atoms with E-state index in [1.807, 2.05) is 0 Å². The van der Waals surface area contributed by atoms with Crippen LogP contribution in [-0.4, -0.2) is 60.8 Å². The van der Waals surface area contributed by atoms with Crippen LogP contribution in [0.5, 0.6) is 0 Å². The van der Waals surface area contributed by atoms with Crippen LogP contribution in [-0.2, 0) is 10.0 Å². The molecule has 2 aliphatic heterocycles. The van der Waals surface area contributed by atoms with Crippen LogP contribution in [0.2, 0.25) is 0 Å². The number of hydrogen-bond donors (Lipinski definition) is 0. The average Bonchev–Trinajstić information content (AvgIpc) is 2.37. The second-order valence-corrected chi connectivity index (χ2v) is 8.65. The van der Waals surface area contributed by atoms with Crippen molar-refractivity contribution < 1.29 is 21.6 Å². The number of fused-ring (bicyclic) bond motifs is 1. The predicted octanol–water partition coefficient (Wildman–Crippen LogP) is 2.61. The standard InChI is InChI=1S/C14H25F3N2O2S/c1-3-13(9-14(15,16)17)22(20,21)18-6-4-5-7-19-11(2)8-12(19)10-18/h11-13H,3-10H2,1-2H3/t11-,12-,13?/m1/s1. The zero-order valence-corrected chi connectivity index (χ0v) is 14.0. The molecule has 0 aliphatic carbocycles. The molecule has 2 fully saturated rings. The van der Waals surface area contributed by atoms with Gasteiger partial charge in [-0.15, -0.1) is 0 Å². The smallest absolute Gasteiger partial charge is 0.296 e. The van der Waals surface area contributed by atoms with Gasteiger partial charge in [0, 0.05) is 25.2 Å². The summed E-state index contributed by atoms with van der Waals surface area (Å²) in [5, 5.41) is -1.36. The minimum absolute atomic E-state index is 0.0108. The summed E-state index contributed by atoms with van der Waals surface area (Å²) in [5.74, 6) is 0. The molecule has 0 aromatic rings. The molecular formula is C14H25F3N2O2S. The third-order valence-electron chi connectivity index (χ3n) is 4.83. The predicted molar refractivity (Wildman–Crippen MR) is 79.1 cm³/mol. The molecule has 0 N–H and O–H groups in total. The molecule has 3 atom stereocenters. The lowest BCUT2D eigenvalue weighted by Crippen LogP contribution is -2.61. The van der Waals surface area contributed by atoms with Gasteiger partial charge in [-0.1, -0.05) is 6.92 Å². The highest BCUT2D eigenvalue weighted by molar-refractivity contribution is 7.89. The van der Waals surface area contributed by atoms with E-state index in [1.165, 1.54) is 11.2 Å². The molecule has 2 heterocycles. The topological polar surface area (TPSA) is 40.6 Å². The molecule has 0 saturated carbocycles. The second-order valence-electron chi connectivity index (χ2n) is 6.44. The number of nitrogens with zero attached hydrogens (tertiary/aromatic N) is 2. The van der Waals surface area contributed by atoms with Crippen LogP contribution < -0.4 is 0 Å². The summed E-state index contributed by atoms with van der Waals surface area (Å²) in [6.07, 6.45) is -3.20. The van der Waals surface area contributed by atoms with E-state index in [1.54, 1.807) is 0 Å². The Bertz CT molecular complexity index is 481. The Labute approximate surface area is 130 Å². The lowest BCUT2D eigenvalue weighted by molar-refractivity contribution is -0.134. The van der Waals surface area contributed by atoms with Crippen molar-refractivity contribution in [1.29, 1.82) is 0 Å². The number of alkyl halides is 3. The molecule has 22 heavy (non-hydrogen) atoms. The summed E-state index contributed by atoms with van der Waals surface area (Å²) in [6.45, 7) is 5.25. The SMILES string of the molecule is CCC(CC(F)(F)F)S(=O)(=O)N1CCCCN2[C@H](C[C@H]2C)C1. The second kappa shape index (κ2) is 6.65. The zero-order valence-electron chi connectivity index (χ0n) is 13.1. The Balaban J connectivity index is 2.12. The lowest BCUT2D eigenvalue weighted by atomic mass is 9.92. The molecule has 2 saturated heterocycles. The third kappa shape index (κ3) is 3.94. The summed E-state index contributed by atoms with van der Waals surface area (Å²) >= 11 is 0. The van der Waals surface area contributed by atoms with Crippen LogP contribution in [0.1, 0.15) is 46.0 Å². The highest BCUT2D eigenvalue weighted by atomic mass is 32.2. The van der Waals surface area contributed by atoms with Crippen molar-refractivity contribution in [1.82, 2.24) is 9.21 Å². The van der Waals surface area contributed by atoms with Crippen molar-refractivity contribution in [3.05, 3.63) is 0 Å². The third-order valence-corrected chi connectivity index (χ3v) is 7.23. The quantitative estimate of drug-likeness (QED) is 0.788. The van der Waals surface area contributed by atoms with Gasteiger partial charge >= 0.3 is 6.18 Å². The van der Waals surface area contributed by atoms with Crippen molar-refractivity contribution in [3.8, 4) is 0 Å². The van der Waals surface area contributed by atoms with E-state index in [4.69, 9.17) is 0 Å². The molecule has 0 spiro atoms. The minimum Gasteiger partial charge on any atom is -0.296 e. The van der Waals surface area contributed by atoms with Gasteiger partial charge in [0.1, 0.15) is 0 Å². The zero-order chi connectivity index (χ0) is 16.5. The Kier molecular flexibility index (Phi) is 5.44. The van der Waals surface area contributed by atoms with E-state index >= 15 is 0 Å². The average molecular weight is 342 g/mol. The first-order valence-electron chi connectivity index (χ1n) is 7.96. The number of sulfonamides is 1. The van der Waals surface area contributed by atoms with Crippen LogP contribution in [0.3, 0.4) is 0 Å². The molecule has 0 radical (unpaired) electrons. The van der Waals surface area contributed by atoms with Gasteiger partial charge in [-0.3, -0.25) is 4.90 Å². The summed E-state index contributed by atoms with van der Waals surface area (Å²) < 4.78 is 64.5. The first kappa shape index (κ1) is 18.0. The number of rotatable bonds is 4. The highest BCUT2D eigenvalue weighted by Gasteiger charge is 2.43. The van der Waals surface area contributed by atoms with E-state index < -0.39 is 27.9 Å². The molecule has 2 rings (SSSR count). The maximum atomic E-state index is 12.6. The van der Waals surface area contributed by atoms with Gasteiger partial charge < -0.3 is 0 Å². The van der Waals surface area contributed by atoms with Gasteiger partial charge in [-0.25, -0.2) is 12.7 Å². The van der Waals surface area contributed by atoms with Gasteiger partial charge in [0.15, 0.2) is 0 Å². The molecule has 1 unspecified atom stereocenters. The fourth-order valence-electron chi connectivity index (χ4n) is 3.54. The molecule has 0 aromatic heterocycles. The van der Waals surface area contributed by atoms with Crippen LogP contribution >= 0.6 is 0 Å². The van der Waals surface area contributed by atoms with E-state index in [2.05, 4.69) is 11.8 Å². The number of hydrogen-bond acceptors (Lipinski definition) is 3. The number of halogens is 3. The molecular weight excluding hydrogens is 317 g/mol. The molecule has 130 valence electrons. The van der Waals surface area contributed by atoms with E-state index in [9.17, 15) is 21.6 Å². The van der Waals surface area contributed by atoms with Crippen LogP contribution in [0, 0.1) is 0 Å². The van der Waals surface area contributed by atoms with Crippen molar-refractivity contribution in [2.24, 2.45) is 0 Å². The summed E-state index contributed by atoms with van der Waals surface area (Å²) in [4.78, 5) is 2.27. The van der Waals surface area contributed by atoms with E-state index in [-0.39, 0.29) is 12.5 Å². The van der Waals surface area contributed by atoms with Gasteiger partial charge in [-0.05, 0) is 39.2 Å². The Morgan fingerprint density at radius 1 is 1.23 bits per heavy atom. The summed E-state index contributed by atoms with van der Waals surface area (Å²) in [6, 6.07) is 0.610. The molecule has 8 heteroatoms. The molecule has 0 bridgehead atoms. The van der Waals surface area contributed by atoms with Crippen LogP contribution in [0.4, 0.5) is 13.2 Å². The fraction of sp³-hybridized carbons (Fsp3) is 1.00. The van der Waals surface area contributed by atoms with Gasteiger partial charge in [0.25, 0.3) is 0 Å². The largest absolute Gasteiger partial charge is 0.390 e. The van der Waals surface area contributed by atoms with Crippen molar-refractivity contribution in [2.75, 3.05) is 19.6 Å². The van der Waals surface area contributed by atoms with Crippen molar-refractivity contribution in [2.45, 2.75) is 69.5 Å². The molecule has 4 nitrogen and oxygen atoms in total. The van der Waals surface area contributed by atoms with Crippen LogP contribution in [0.15, 0.2) is 0 Å². The minimum atomic E-state index is -4.45. The van der Waals surface area contributed by atoms with Gasteiger partial charge in [-0.2, -0.15) is 13.2 Å². The van der Waals surface area contributed by atoms with E-state index in [0.29, 0.717) is 25.6 Å². The molecule has 0 amide bonds. The molecule has 2 aliphatic rings. The monoisotopic (exact) mass is 342 g/mol. The fourth-order valence-corrected chi connectivity index (χ4v) is 5.54. The first-order chi connectivity index (χ1) is 10.1. The lowest BCUT2D eigenvalue weighted by Gasteiger charge is -2.50.